The van der Waals surface area contributed by atoms with Crippen molar-refractivity contribution < 1.29 is 9.84 Å². The molecule has 70 valence electrons. The molecule has 0 bridgehead atoms. The van der Waals surface area contributed by atoms with E-state index in [9.17, 15) is 0 Å². The highest BCUT2D eigenvalue weighted by Crippen LogP contribution is 1.98. The number of aliphatic hydroxyl groups excluding tert-OH is 1. The number of allylic oxidation sites excluding steroid dienone is 1. The van der Waals surface area contributed by atoms with Gasteiger partial charge in [-0.2, -0.15) is 0 Å². The van der Waals surface area contributed by atoms with Crippen molar-refractivity contribution in [1.29, 1.82) is 0 Å². The van der Waals surface area contributed by atoms with Gasteiger partial charge in [-0.1, -0.05) is 6.08 Å². The van der Waals surface area contributed by atoms with E-state index in [2.05, 4.69) is 4.99 Å². The summed E-state index contributed by atoms with van der Waals surface area (Å²) in [6, 6.07) is 0. The highest BCUT2D eigenvalue weighted by Gasteiger charge is 1.92. The van der Waals surface area contributed by atoms with Gasteiger partial charge in [0.25, 0.3) is 0 Å². The number of hydrogen-bond donors (Lipinski definition) is 1. The monoisotopic (exact) mass is 171 g/mol. The van der Waals surface area contributed by atoms with Crippen LogP contribution >= 0.6 is 0 Å². The lowest BCUT2D eigenvalue weighted by atomic mass is 10.2. The molecule has 0 saturated carbocycles. The number of hydrogen-bond acceptors (Lipinski definition) is 3. The molecule has 0 aliphatic heterocycles. The topological polar surface area (TPSA) is 41.8 Å². The van der Waals surface area contributed by atoms with Crippen LogP contribution in [0.25, 0.3) is 0 Å². The normalized spacial score (nSPS) is 13.7. The number of aliphatic imine (C=N–C) groups is 1. The number of aliphatic hydroxyl groups is 1. The lowest BCUT2D eigenvalue weighted by Crippen LogP contribution is -1.97. The van der Waals surface area contributed by atoms with Crippen LogP contribution in [0.1, 0.15) is 20.3 Å². The maximum Gasteiger partial charge on any atom is 0.137 e. The first kappa shape index (κ1) is 11.3. The minimum absolute atomic E-state index is 0.189. The molecule has 0 heterocycles. The van der Waals surface area contributed by atoms with Crippen LogP contribution in [0.15, 0.2) is 16.6 Å². The highest BCUT2D eigenvalue weighted by atomic mass is 16.5. The zero-order chi connectivity index (χ0) is 9.40. The molecule has 0 aromatic carbocycles. The summed E-state index contributed by atoms with van der Waals surface area (Å²) in [6.45, 7) is 4.50. The molecule has 0 amide bonds. The van der Waals surface area contributed by atoms with Gasteiger partial charge in [0, 0.05) is 19.4 Å². The Morgan fingerprint density at radius 1 is 1.50 bits per heavy atom. The summed E-state index contributed by atoms with van der Waals surface area (Å²) in [5, 5.41) is 8.56. The van der Waals surface area contributed by atoms with Crippen LogP contribution in [0.2, 0.25) is 0 Å². The average molecular weight is 171 g/mol. The van der Waals surface area contributed by atoms with Gasteiger partial charge in [0.1, 0.15) is 6.73 Å². The molecule has 0 radical (unpaired) electrons. The van der Waals surface area contributed by atoms with E-state index in [-0.39, 0.29) is 6.61 Å². The summed E-state index contributed by atoms with van der Waals surface area (Å²) in [5.74, 6) is 0. The van der Waals surface area contributed by atoms with Crippen LogP contribution in [0.3, 0.4) is 0 Å². The Labute approximate surface area is 73.8 Å². The lowest BCUT2D eigenvalue weighted by molar-refractivity contribution is 0.209. The molecule has 0 aromatic rings. The van der Waals surface area contributed by atoms with Gasteiger partial charge in [0.05, 0.1) is 0 Å². The quantitative estimate of drug-likeness (QED) is 0.635. The highest BCUT2D eigenvalue weighted by molar-refractivity contribution is 5.97. The SMILES string of the molecule is COCN=C(C)/C(C)=C\CCO. The van der Waals surface area contributed by atoms with E-state index in [1.807, 2.05) is 19.9 Å². The third kappa shape index (κ3) is 5.04. The summed E-state index contributed by atoms with van der Waals surface area (Å²) in [4.78, 5) is 4.14. The molecule has 1 N–H and O–H groups in total. The van der Waals surface area contributed by atoms with Crippen LogP contribution < -0.4 is 0 Å². The largest absolute Gasteiger partial charge is 0.396 e. The number of methoxy groups -OCH3 is 1. The maximum atomic E-state index is 8.56. The second-order valence-electron chi connectivity index (χ2n) is 2.56. The van der Waals surface area contributed by atoms with Crippen molar-refractivity contribution in [3.63, 3.8) is 0 Å². The molecule has 0 unspecified atom stereocenters. The predicted octanol–water partition coefficient (Wildman–Crippen LogP) is 1.38. The summed E-state index contributed by atoms with van der Waals surface area (Å²) >= 11 is 0. The van der Waals surface area contributed by atoms with E-state index in [0.29, 0.717) is 13.2 Å². The molecule has 3 nitrogen and oxygen atoms in total. The Kier molecular flexibility index (Phi) is 6.61. The van der Waals surface area contributed by atoms with Crippen LogP contribution in [-0.2, 0) is 4.74 Å². The standard InChI is InChI=1S/C9H17NO2/c1-8(5-4-6-11)9(2)10-7-12-3/h5,11H,4,6-7H2,1-3H3/b8-5-,10-9?. The summed E-state index contributed by atoms with van der Waals surface area (Å²) in [5.41, 5.74) is 2.06. The van der Waals surface area contributed by atoms with Crippen molar-refractivity contribution in [2.75, 3.05) is 20.4 Å². The Hall–Kier alpha value is -0.670. The Morgan fingerprint density at radius 3 is 2.67 bits per heavy atom. The fourth-order valence-electron chi connectivity index (χ4n) is 0.715. The first-order valence-corrected chi connectivity index (χ1v) is 4.00. The van der Waals surface area contributed by atoms with E-state index >= 15 is 0 Å². The molecule has 0 atom stereocenters. The molecule has 0 saturated heterocycles. The molecule has 0 aromatic heterocycles. The Bertz CT molecular complexity index is 153. The first-order valence-electron chi connectivity index (χ1n) is 4.00. The molecular formula is C9H17NO2. The van der Waals surface area contributed by atoms with Gasteiger partial charge in [-0.25, -0.2) is 0 Å². The van der Waals surface area contributed by atoms with E-state index < -0.39 is 0 Å². The van der Waals surface area contributed by atoms with Crippen LogP contribution in [-0.4, -0.2) is 31.3 Å². The van der Waals surface area contributed by atoms with Crippen molar-refractivity contribution >= 4 is 5.71 Å². The molecule has 0 spiro atoms. The van der Waals surface area contributed by atoms with Gasteiger partial charge in [-0.3, -0.25) is 4.99 Å². The molecule has 0 aliphatic rings. The number of ether oxygens (including phenoxy) is 1. The van der Waals surface area contributed by atoms with E-state index in [1.54, 1.807) is 7.11 Å². The third-order valence-corrected chi connectivity index (χ3v) is 1.58. The van der Waals surface area contributed by atoms with Crippen LogP contribution in [0.5, 0.6) is 0 Å². The minimum atomic E-state index is 0.189. The Morgan fingerprint density at radius 2 is 2.17 bits per heavy atom. The molecule has 3 heteroatoms. The second kappa shape index (κ2) is 7.00. The maximum absolute atomic E-state index is 8.56. The van der Waals surface area contributed by atoms with E-state index in [4.69, 9.17) is 9.84 Å². The van der Waals surface area contributed by atoms with Gasteiger partial charge in [0.2, 0.25) is 0 Å². The fourth-order valence-corrected chi connectivity index (χ4v) is 0.715. The average Bonchev–Trinajstić information content (AvgIpc) is 2.10. The lowest BCUT2D eigenvalue weighted by Gasteiger charge is -1.99. The summed E-state index contributed by atoms with van der Waals surface area (Å²) in [6.07, 6.45) is 2.65. The molecule has 0 aliphatic carbocycles. The summed E-state index contributed by atoms with van der Waals surface area (Å²) in [7, 11) is 1.61. The molecular weight excluding hydrogens is 154 g/mol. The fraction of sp³-hybridized carbons (Fsp3) is 0.667. The number of rotatable bonds is 5. The van der Waals surface area contributed by atoms with Crippen molar-refractivity contribution in [2.24, 2.45) is 4.99 Å². The van der Waals surface area contributed by atoms with Crippen LogP contribution in [0, 0.1) is 0 Å². The Balaban J connectivity index is 3.98. The van der Waals surface area contributed by atoms with E-state index in [0.717, 1.165) is 11.3 Å². The van der Waals surface area contributed by atoms with Crippen molar-refractivity contribution in [1.82, 2.24) is 0 Å². The van der Waals surface area contributed by atoms with Gasteiger partial charge >= 0.3 is 0 Å². The second-order valence-corrected chi connectivity index (χ2v) is 2.56. The predicted molar refractivity (Wildman–Crippen MR) is 50.4 cm³/mol. The molecule has 12 heavy (non-hydrogen) atoms. The van der Waals surface area contributed by atoms with Crippen molar-refractivity contribution in [2.45, 2.75) is 20.3 Å². The van der Waals surface area contributed by atoms with Gasteiger partial charge in [0.15, 0.2) is 0 Å². The summed E-state index contributed by atoms with van der Waals surface area (Å²) < 4.78 is 4.80. The zero-order valence-electron chi connectivity index (χ0n) is 8.00. The molecule has 0 rings (SSSR count). The van der Waals surface area contributed by atoms with Gasteiger partial charge in [-0.15, -0.1) is 0 Å². The van der Waals surface area contributed by atoms with Gasteiger partial charge in [-0.05, 0) is 25.8 Å². The third-order valence-electron chi connectivity index (χ3n) is 1.58. The zero-order valence-corrected chi connectivity index (χ0v) is 8.00. The number of nitrogens with zero attached hydrogens (tertiary/aromatic N) is 1. The van der Waals surface area contributed by atoms with E-state index in [1.165, 1.54) is 0 Å². The van der Waals surface area contributed by atoms with Crippen LogP contribution in [0.4, 0.5) is 0 Å². The van der Waals surface area contributed by atoms with Crippen molar-refractivity contribution in [3.05, 3.63) is 11.6 Å². The first-order chi connectivity index (χ1) is 5.72. The van der Waals surface area contributed by atoms with Gasteiger partial charge < -0.3 is 9.84 Å². The van der Waals surface area contributed by atoms with Crippen molar-refractivity contribution in [3.8, 4) is 0 Å². The molecule has 0 fully saturated rings. The minimum Gasteiger partial charge on any atom is -0.396 e. The smallest absolute Gasteiger partial charge is 0.137 e.